The number of thiophene rings is 1. The highest BCUT2D eigenvalue weighted by Crippen LogP contribution is 2.28. The number of hydrogen-bond donors (Lipinski definition) is 0. The minimum atomic E-state index is 0.0774. The number of carbonyl (C=O) groups is 1. The van der Waals surface area contributed by atoms with Gasteiger partial charge in [-0.25, -0.2) is 14.8 Å². The van der Waals surface area contributed by atoms with E-state index in [4.69, 9.17) is 0 Å². The molecule has 7 heteroatoms. The van der Waals surface area contributed by atoms with Crippen LogP contribution in [0.2, 0.25) is 0 Å². The van der Waals surface area contributed by atoms with Crippen molar-refractivity contribution in [2.45, 2.75) is 0 Å². The predicted molar refractivity (Wildman–Crippen MR) is 80.3 cm³/mol. The summed E-state index contributed by atoms with van der Waals surface area (Å²) in [5, 5.41) is 2.04. The summed E-state index contributed by atoms with van der Waals surface area (Å²) in [7, 11) is 3.57. The minimum absolute atomic E-state index is 0.0774. The van der Waals surface area contributed by atoms with E-state index in [1.54, 1.807) is 36.7 Å². The van der Waals surface area contributed by atoms with E-state index < -0.39 is 0 Å². The smallest absolute Gasteiger partial charge is 0.319 e. The van der Waals surface area contributed by atoms with E-state index in [1.165, 1.54) is 0 Å². The van der Waals surface area contributed by atoms with Crippen LogP contribution < -0.4 is 4.90 Å². The van der Waals surface area contributed by atoms with Gasteiger partial charge in [-0.1, -0.05) is 0 Å². The van der Waals surface area contributed by atoms with Gasteiger partial charge in [0.2, 0.25) is 0 Å². The zero-order chi connectivity index (χ0) is 14.1. The molecular weight excluding hydrogens is 274 g/mol. The molecule has 20 heavy (non-hydrogen) atoms. The van der Waals surface area contributed by atoms with Crippen molar-refractivity contribution in [2.24, 2.45) is 0 Å². The molecule has 0 atom stereocenters. The predicted octanol–water partition coefficient (Wildman–Crippen LogP) is 1.49. The fourth-order valence-electron chi connectivity index (χ4n) is 2.39. The highest BCUT2D eigenvalue weighted by Gasteiger charge is 2.24. The van der Waals surface area contributed by atoms with Crippen LogP contribution in [0.5, 0.6) is 0 Å². The van der Waals surface area contributed by atoms with E-state index in [0.29, 0.717) is 0 Å². The lowest BCUT2D eigenvalue weighted by Crippen LogP contribution is -2.51. The maximum absolute atomic E-state index is 11.9. The molecule has 1 fully saturated rings. The summed E-state index contributed by atoms with van der Waals surface area (Å²) in [4.78, 5) is 26.3. The Kier molecular flexibility index (Phi) is 3.43. The average molecular weight is 291 g/mol. The van der Waals surface area contributed by atoms with E-state index in [-0.39, 0.29) is 6.03 Å². The molecule has 0 saturated carbocycles. The van der Waals surface area contributed by atoms with Crippen LogP contribution in [0, 0.1) is 0 Å². The zero-order valence-electron chi connectivity index (χ0n) is 11.6. The first-order valence-corrected chi connectivity index (χ1v) is 7.44. The van der Waals surface area contributed by atoms with Gasteiger partial charge in [0, 0.05) is 40.3 Å². The lowest BCUT2D eigenvalue weighted by molar-refractivity contribution is 0.168. The van der Waals surface area contributed by atoms with Gasteiger partial charge < -0.3 is 14.7 Å². The second-order valence-corrected chi connectivity index (χ2v) is 5.90. The Bertz CT molecular complexity index is 618. The summed E-state index contributed by atoms with van der Waals surface area (Å²) in [5.74, 6) is 0.988. The molecule has 0 N–H and O–H groups in total. The maximum atomic E-state index is 11.9. The third-order valence-corrected chi connectivity index (χ3v) is 4.36. The van der Waals surface area contributed by atoms with E-state index in [1.807, 2.05) is 16.3 Å². The van der Waals surface area contributed by atoms with Crippen LogP contribution >= 0.6 is 11.3 Å². The van der Waals surface area contributed by atoms with Crippen LogP contribution in [0.1, 0.15) is 0 Å². The van der Waals surface area contributed by atoms with Crippen molar-refractivity contribution in [3.8, 4) is 0 Å². The molecule has 2 aromatic heterocycles. The molecule has 2 aromatic rings. The third kappa shape index (κ3) is 2.29. The Morgan fingerprint density at radius 3 is 2.70 bits per heavy atom. The molecule has 1 aliphatic rings. The standard InChI is InChI=1S/C13H17N5OS/c1-16(2)13(19)18-6-4-17(5-7-18)12-11-10(3-8-20-11)14-9-15-12/h3,8-9H,4-7H2,1-2H3. The summed E-state index contributed by atoms with van der Waals surface area (Å²) < 4.78 is 1.12. The van der Waals surface area contributed by atoms with Crippen molar-refractivity contribution in [2.75, 3.05) is 45.2 Å². The normalized spacial score (nSPS) is 15.7. The Morgan fingerprint density at radius 1 is 1.25 bits per heavy atom. The minimum Gasteiger partial charge on any atom is -0.352 e. The van der Waals surface area contributed by atoms with Gasteiger partial charge in [0.05, 0.1) is 10.2 Å². The van der Waals surface area contributed by atoms with Gasteiger partial charge >= 0.3 is 6.03 Å². The van der Waals surface area contributed by atoms with Crippen LogP contribution in [0.3, 0.4) is 0 Å². The van der Waals surface area contributed by atoms with Crippen molar-refractivity contribution in [1.29, 1.82) is 0 Å². The number of carbonyl (C=O) groups excluding carboxylic acids is 1. The fraction of sp³-hybridized carbons (Fsp3) is 0.462. The zero-order valence-corrected chi connectivity index (χ0v) is 12.4. The molecule has 3 rings (SSSR count). The van der Waals surface area contributed by atoms with E-state index in [0.717, 1.165) is 42.2 Å². The largest absolute Gasteiger partial charge is 0.352 e. The van der Waals surface area contributed by atoms with E-state index in [9.17, 15) is 4.79 Å². The van der Waals surface area contributed by atoms with Crippen molar-refractivity contribution >= 4 is 33.4 Å². The highest BCUT2D eigenvalue weighted by molar-refractivity contribution is 7.17. The molecule has 0 bridgehead atoms. The molecule has 3 heterocycles. The van der Waals surface area contributed by atoms with Crippen LogP contribution in [0.4, 0.5) is 10.6 Å². The maximum Gasteiger partial charge on any atom is 0.319 e. The SMILES string of the molecule is CN(C)C(=O)N1CCN(c2ncnc3ccsc23)CC1. The van der Waals surface area contributed by atoms with Crippen LogP contribution in [-0.2, 0) is 0 Å². The molecule has 6 nitrogen and oxygen atoms in total. The first-order chi connectivity index (χ1) is 9.66. The molecule has 0 unspecified atom stereocenters. The molecular formula is C13H17N5OS. The van der Waals surface area contributed by atoms with Gasteiger partial charge in [-0.3, -0.25) is 0 Å². The third-order valence-electron chi connectivity index (χ3n) is 3.46. The van der Waals surface area contributed by atoms with Crippen LogP contribution in [0.25, 0.3) is 10.2 Å². The lowest BCUT2D eigenvalue weighted by Gasteiger charge is -2.36. The molecule has 0 aromatic carbocycles. The number of nitrogens with zero attached hydrogens (tertiary/aromatic N) is 5. The molecule has 106 valence electrons. The van der Waals surface area contributed by atoms with Crippen molar-refractivity contribution < 1.29 is 4.79 Å². The first-order valence-electron chi connectivity index (χ1n) is 6.56. The molecule has 0 spiro atoms. The number of aromatic nitrogens is 2. The fourth-order valence-corrected chi connectivity index (χ4v) is 3.26. The number of rotatable bonds is 1. The van der Waals surface area contributed by atoms with Gasteiger partial charge in [0.15, 0.2) is 0 Å². The first kappa shape index (κ1) is 13.1. The number of amides is 2. The average Bonchev–Trinajstić information content (AvgIpc) is 2.95. The number of urea groups is 1. The Morgan fingerprint density at radius 2 is 2.00 bits per heavy atom. The number of anilines is 1. The van der Waals surface area contributed by atoms with Crippen molar-refractivity contribution in [1.82, 2.24) is 19.8 Å². The summed E-state index contributed by atoms with van der Waals surface area (Å²) in [6.45, 7) is 3.08. The van der Waals surface area contributed by atoms with Gasteiger partial charge in [0.25, 0.3) is 0 Å². The lowest BCUT2D eigenvalue weighted by atomic mass is 10.3. The van der Waals surface area contributed by atoms with Gasteiger partial charge in [-0.2, -0.15) is 0 Å². The van der Waals surface area contributed by atoms with E-state index in [2.05, 4.69) is 14.9 Å². The summed E-state index contributed by atoms with van der Waals surface area (Å²) >= 11 is 1.66. The number of fused-ring (bicyclic) bond motifs is 1. The van der Waals surface area contributed by atoms with Gasteiger partial charge in [-0.05, 0) is 11.4 Å². The number of hydrogen-bond acceptors (Lipinski definition) is 5. The summed E-state index contributed by atoms with van der Waals surface area (Å²) in [6, 6.07) is 2.09. The number of piperazine rings is 1. The second-order valence-electron chi connectivity index (χ2n) is 4.98. The highest BCUT2D eigenvalue weighted by atomic mass is 32.1. The van der Waals surface area contributed by atoms with Crippen molar-refractivity contribution in [3.63, 3.8) is 0 Å². The topological polar surface area (TPSA) is 52.6 Å². The Hall–Kier alpha value is -1.89. The van der Waals surface area contributed by atoms with Gasteiger partial charge in [-0.15, -0.1) is 11.3 Å². The molecule has 1 aliphatic heterocycles. The molecule has 0 radical (unpaired) electrons. The van der Waals surface area contributed by atoms with Gasteiger partial charge in [0.1, 0.15) is 12.1 Å². The van der Waals surface area contributed by atoms with Crippen LogP contribution in [-0.4, -0.2) is 66.1 Å². The Balaban J connectivity index is 1.75. The quantitative estimate of drug-likeness (QED) is 0.799. The molecule has 2 amide bonds. The second kappa shape index (κ2) is 5.24. The molecule has 1 saturated heterocycles. The summed E-state index contributed by atoms with van der Waals surface area (Å²) in [6.07, 6.45) is 1.61. The van der Waals surface area contributed by atoms with Crippen LogP contribution in [0.15, 0.2) is 17.8 Å². The van der Waals surface area contributed by atoms with E-state index >= 15 is 0 Å². The van der Waals surface area contributed by atoms with Crippen molar-refractivity contribution in [3.05, 3.63) is 17.8 Å². The molecule has 0 aliphatic carbocycles. The Labute approximate surface area is 121 Å². The summed E-state index contributed by atoms with van der Waals surface area (Å²) in [5.41, 5.74) is 0.992. The monoisotopic (exact) mass is 291 g/mol.